The highest BCUT2D eigenvalue weighted by molar-refractivity contribution is 6.44. The molecule has 2 amide bonds. The maximum Gasteiger partial charge on any atom is 0.251 e. The number of ether oxygens (including phenoxy) is 1. The third kappa shape index (κ3) is 6.75. The molecule has 0 atom stereocenters. The second-order valence-electron chi connectivity index (χ2n) is 5.68. The summed E-state index contributed by atoms with van der Waals surface area (Å²) in [5.41, 5.74) is 1.72. The maximum absolute atomic E-state index is 12.0. The van der Waals surface area contributed by atoms with Crippen LogP contribution in [0.15, 0.2) is 42.5 Å². The van der Waals surface area contributed by atoms with E-state index in [4.69, 9.17) is 27.9 Å². The van der Waals surface area contributed by atoms with E-state index in [0.717, 1.165) is 12.1 Å². The van der Waals surface area contributed by atoms with Crippen LogP contribution in [0.5, 0.6) is 0 Å². The zero-order valence-corrected chi connectivity index (χ0v) is 16.4. The molecule has 6 nitrogen and oxygen atoms in total. The Labute approximate surface area is 168 Å². The number of methoxy groups -OCH3 is 1. The lowest BCUT2D eigenvalue weighted by Crippen LogP contribution is -2.25. The van der Waals surface area contributed by atoms with Crippen molar-refractivity contribution in [1.82, 2.24) is 5.32 Å². The van der Waals surface area contributed by atoms with Crippen LogP contribution in [-0.2, 0) is 9.53 Å². The fourth-order valence-corrected chi connectivity index (χ4v) is 2.58. The Kier molecular flexibility index (Phi) is 8.39. The molecule has 8 heteroatoms. The molecule has 2 aromatic carbocycles. The zero-order valence-electron chi connectivity index (χ0n) is 14.9. The number of anilines is 2. The van der Waals surface area contributed by atoms with E-state index in [2.05, 4.69) is 16.0 Å². The Morgan fingerprint density at radius 3 is 2.52 bits per heavy atom. The van der Waals surface area contributed by atoms with Crippen molar-refractivity contribution < 1.29 is 14.3 Å². The highest BCUT2D eigenvalue weighted by Crippen LogP contribution is 2.29. The number of hydrogen-bond acceptors (Lipinski definition) is 4. The Morgan fingerprint density at radius 1 is 1.07 bits per heavy atom. The van der Waals surface area contributed by atoms with E-state index in [1.54, 1.807) is 49.6 Å². The summed E-state index contributed by atoms with van der Waals surface area (Å²) < 4.78 is 4.93. The summed E-state index contributed by atoms with van der Waals surface area (Å²) in [6.45, 7) is 1.20. The third-order valence-electron chi connectivity index (χ3n) is 3.64. The van der Waals surface area contributed by atoms with Crippen molar-refractivity contribution in [2.75, 3.05) is 37.4 Å². The molecule has 0 aliphatic carbocycles. The molecule has 0 spiro atoms. The van der Waals surface area contributed by atoms with Crippen molar-refractivity contribution in [2.45, 2.75) is 6.42 Å². The molecule has 0 fully saturated rings. The van der Waals surface area contributed by atoms with Crippen molar-refractivity contribution in [2.24, 2.45) is 0 Å². The van der Waals surface area contributed by atoms with E-state index in [9.17, 15) is 9.59 Å². The molecule has 2 rings (SSSR count). The van der Waals surface area contributed by atoms with Gasteiger partial charge in [0, 0.05) is 31.5 Å². The van der Waals surface area contributed by atoms with Crippen LogP contribution in [0, 0.1) is 0 Å². The standard InChI is InChI=1S/C19H21Cl2N3O3/c1-27-11-3-10-22-19(26)13-6-8-14(9-7-13)23-12-17(25)24-16-5-2-4-15(20)18(16)21/h2,4-9,23H,3,10-12H2,1H3,(H,22,26)(H,24,25). The summed E-state index contributed by atoms with van der Waals surface area (Å²) >= 11 is 12.0. The molecule has 0 saturated heterocycles. The number of carbonyl (C=O) groups excluding carboxylic acids is 2. The predicted octanol–water partition coefficient (Wildman–Crippen LogP) is 3.81. The fourth-order valence-electron chi connectivity index (χ4n) is 2.24. The molecule has 0 aliphatic rings. The molecule has 0 bridgehead atoms. The molecule has 0 heterocycles. The van der Waals surface area contributed by atoms with Gasteiger partial charge in [-0.2, -0.15) is 0 Å². The van der Waals surface area contributed by atoms with Crippen LogP contribution in [0.1, 0.15) is 16.8 Å². The van der Waals surface area contributed by atoms with Crippen molar-refractivity contribution >= 4 is 46.4 Å². The molecule has 27 heavy (non-hydrogen) atoms. The molecule has 3 N–H and O–H groups in total. The number of rotatable bonds is 9. The Balaban J connectivity index is 1.81. The van der Waals surface area contributed by atoms with Crippen molar-refractivity contribution in [3.8, 4) is 0 Å². The van der Waals surface area contributed by atoms with Gasteiger partial charge in [0.1, 0.15) is 0 Å². The summed E-state index contributed by atoms with van der Waals surface area (Å²) in [6, 6.07) is 11.9. The van der Waals surface area contributed by atoms with Crippen LogP contribution >= 0.6 is 23.2 Å². The van der Waals surface area contributed by atoms with Crippen LogP contribution in [0.3, 0.4) is 0 Å². The molecule has 0 saturated carbocycles. The molecule has 0 aromatic heterocycles. The minimum absolute atomic E-state index is 0.0470. The minimum Gasteiger partial charge on any atom is -0.385 e. The number of hydrogen-bond donors (Lipinski definition) is 3. The van der Waals surface area contributed by atoms with Crippen molar-refractivity contribution in [1.29, 1.82) is 0 Å². The van der Waals surface area contributed by atoms with Gasteiger partial charge in [-0.05, 0) is 42.8 Å². The number of amides is 2. The lowest BCUT2D eigenvalue weighted by molar-refractivity contribution is -0.114. The number of carbonyl (C=O) groups is 2. The van der Waals surface area contributed by atoms with Crippen molar-refractivity contribution in [3.05, 3.63) is 58.1 Å². The van der Waals surface area contributed by atoms with Crippen LogP contribution in [-0.4, -0.2) is 38.6 Å². The maximum atomic E-state index is 12.0. The third-order valence-corrected chi connectivity index (χ3v) is 4.46. The van der Waals surface area contributed by atoms with E-state index >= 15 is 0 Å². The first-order chi connectivity index (χ1) is 13.0. The van der Waals surface area contributed by atoms with Gasteiger partial charge in [-0.1, -0.05) is 29.3 Å². The molecule has 0 aliphatic heterocycles. The largest absolute Gasteiger partial charge is 0.385 e. The Hall–Kier alpha value is -2.28. The van der Waals surface area contributed by atoms with Gasteiger partial charge in [0.05, 0.1) is 22.3 Å². The van der Waals surface area contributed by atoms with Gasteiger partial charge < -0.3 is 20.7 Å². The van der Waals surface area contributed by atoms with E-state index in [1.165, 1.54) is 0 Å². The van der Waals surface area contributed by atoms with Gasteiger partial charge in [0.15, 0.2) is 0 Å². The summed E-state index contributed by atoms with van der Waals surface area (Å²) in [6.07, 6.45) is 0.758. The highest BCUT2D eigenvalue weighted by Gasteiger charge is 2.09. The summed E-state index contributed by atoms with van der Waals surface area (Å²) in [7, 11) is 1.62. The normalized spacial score (nSPS) is 10.3. The van der Waals surface area contributed by atoms with Gasteiger partial charge >= 0.3 is 0 Å². The van der Waals surface area contributed by atoms with Gasteiger partial charge in [0.25, 0.3) is 5.91 Å². The summed E-state index contributed by atoms with van der Waals surface area (Å²) in [4.78, 5) is 24.0. The Bertz CT molecular complexity index is 782. The number of nitrogens with one attached hydrogen (secondary N) is 3. The van der Waals surface area contributed by atoms with E-state index in [-0.39, 0.29) is 18.4 Å². The molecule has 2 aromatic rings. The van der Waals surface area contributed by atoms with Gasteiger partial charge in [-0.25, -0.2) is 0 Å². The van der Waals surface area contributed by atoms with Crippen molar-refractivity contribution in [3.63, 3.8) is 0 Å². The fraction of sp³-hybridized carbons (Fsp3) is 0.263. The summed E-state index contributed by atoms with van der Waals surface area (Å²) in [5, 5.41) is 9.17. The van der Waals surface area contributed by atoms with Gasteiger partial charge in [0.2, 0.25) is 5.91 Å². The first kappa shape index (κ1) is 21.0. The molecule has 0 unspecified atom stereocenters. The zero-order chi connectivity index (χ0) is 19.6. The first-order valence-corrected chi connectivity index (χ1v) is 9.12. The predicted molar refractivity (Wildman–Crippen MR) is 109 cm³/mol. The lowest BCUT2D eigenvalue weighted by atomic mass is 10.2. The number of benzene rings is 2. The summed E-state index contributed by atoms with van der Waals surface area (Å²) in [5.74, 6) is -0.412. The molecule has 0 radical (unpaired) electrons. The Morgan fingerprint density at radius 2 is 1.81 bits per heavy atom. The van der Waals surface area contributed by atoms with E-state index in [1.807, 2.05) is 0 Å². The van der Waals surface area contributed by atoms with Crippen LogP contribution in [0.4, 0.5) is 11.4 Å². The van der Waals surface area contributed by atoms with Crippen LogP contribution in [0.2, 0.25) is 10.0 Å². The van der Waals surface area contributed by atoms with Gasteiger partial charge in [-0.3, -0.25) is 9.59 Å². The van der Waals surface area contributed by atoms with Gasteiger partial charge in [-0.15, -0.1) is 0 Å². The quantitative estimate of drug-likeness (QED) is 0.550. The van der Waals surface area contributed by atoms with E-state index in [0.29, 0.717) is 34.4 Å². The SMILES string of the molecule is COCCCNC(=O)c1ccc(NCC(=O)Nc2cccc(Cl)c2Cl)cc1. The highest BCUT2D eigenvalue weighted by atomic mass is 35.5. The monoisotopic (exact) mass is 409 g/mol. The first-order valence-electron chi connectivity index (χ1n) is 8.36. The second-order valence-corrected chi connectivity index (χ2v) is 6.47. The average molecular weight is 410 g/mol. The van der Waals surface area contributed by atoms with Crippen LogP contribution in [0.25, 0.3) is 0 Å². The molecular weight excluding hydrogens is 389 g/mol. The lowest BCUT2D eigenvalue weighted by Gasteiger charge is -2.10. The van der Waals surface area contributed by atoms with Crippen LogP contribution < -0.4 is 16.0 Å². The molecule has 144 valence electrons. The van der Waals surface area contributed by atoms with E-state index < -0.39 is 0 Å². The second kappa shape index (κ2) is 10.8. The topological polar surface area (TPSA) is 79.5 Å². The number of halogens is 2. The molecular formula is C19H21Cl2N3O3. The smallest absolute Gasteiger partial charge is 0.251 e. The average Bonchev–Trinajstić information content (AvgIpc) is 2.67. The minimum atomic E-state index is -0.265.